The maximum absolute atomic E-state index is 4.04. The zero-order valence-corrected chi connectivity index (χ0v) is 23.2. The van der Waals surface area contributed by atoms with Crippen molar-refractivity contribution in [3.63, 3.8) is 0 Å². The van der Waals surface area contributed by atoms with Gasteiger partial charge in [-0.05, 0) is 0 Å². The molecule has 1 heterocycles. The van der Waals surface area contributed by atoms with Gasteiger partial charge in [-0.1, -0.05) is 0 Å². The van der Waals surface area contributed by atoms with Gasteiger partial charge in [0.15, 0.2) is 0 Å². The van der Waals surface area contributed by atoms with E-state index in [2.05, 4.69) is 126 Å². The Morgan fingerprint density at radius 3 is 1.27 bits per heavy atom. The number of rotatable bonds is 8. The normalized spacial score (nSPS) is 12.0. The van der Waals surface area contributed by atoms with E-state index in [9.17, 15) is 0 Å². The average Bonchev–Trinajstić information content (AvgIpc) is 3.19. The van der Waals surface area contributed by atoms with Crippen molar-refractivity contribution in [1.82, 2.24) is 9.13 Å². The van der Waals surface area contributed by atoms with Crippen molar-refractivity contribution in [1.29, 1.82) is 0 Å². The predicted molar refractivity (Wildman–Crippen MR) is 140 cm³/mol. The monoisotopic (exact) mass is 535 g/mol. The van der Waals surface area contributed by atoms with E-state index in [4.69, 9.17) is 0 Å². The number of para-hydroxylation sites is 2. The van der Waals surface area contributed by atoms with Crippen LogP contribution in [0.4, 0.5) is 0 Å². The topological polar surface area (TPSA) is 9.86 Å². The molecular formula is C30H41N2Pd-. The van der Waals surface area contributed by atoms with Crippen LogP contribution in [0, 0.1) is 3.89 Å². The SMILES string of the molecule is C=C[CH2][Pd-]=[c]1n(-c2c(C(C)C)cccc2C(C)C)ccn1-c1c(C(C)C)cccc1C(C)C. The van der Waals surface area contributed by atoms with E-state index in [1.54, 1.807) is 0 Å². The van der Waals surface area contributed by atoms with Crippen molar-refractivity contribution in [2.75, 3.05) is 0 Å². The van der Waals surface area contributed by atoms with Crippen molar-refractivity contribution in [2.45, 2.75) is 84.0 Å². The number of hydrogen-bond acceptors (Lipinski definition) is 0. The van der Waals surface area contributed by atoms with Crippen LogP contribution in [0.5, 0.6) is 0 Å². The van der Waals surface area contributed by atoms with Crippen molar-refractivity contribution in [3.8, 4) is 11.4 Å². The number of aromatic nitrogens is 2. The fourth-order valence-electron chi connectivity index (χ4n) is 4.47. The molecule has 0 amide bonds. The van der Waals surface area contributed by atoms with Crippen molar-refractivity contribution in [3.05, 3.63) is 87.6 Å². The van der Waals surface area contributed by atoms with E-state index in [1.807, 2.05) is 0 Å². The zero-order valence-electron chi connectivity index (χ0n) is 21.6. The van der Waals surface area contributed by atoms with E-state index < -0.39 is 0 Å². The van der Waals surface area contributed by atoms with Crippen LogP contribution in [0.15, 0.2) is 61.4 Å². The van der Waals surface area contributed by atoms with Crippen LogP contribution in [-0.4, -0.2) is 9.13 Å². The van der Waals surface area contributed by atoms with Gasteiger partial charge >= 0.3 is 210 Å². The van der Waals surface area contributed by atoms with Crippen molar-refractivity contribution in [2.24, 2.45) is 0 Å². The summed E-state index contributed by atoms with van der Waals surface area (Å²) in [6.45, 7) is 22.5. The van der Waals surface area contributed by atoms with Crippen LogP contribution in [0.1, 0.15) is 101 Å². The summed E-state index contributed by atoms with van der Waals surface area (Å²) in [5.74, 6) is 1.84. The molecule has 0 radical (unpaired) electrons. The van der Waals surface area contributed by atoms with Crippen molar-refractivity contribution >= 4 is 0 Å². The third-order valence-electron chi connectivity index (χ3n) is 6.16. The molecule has 0 N–H and O–H groups in total. The molecule has 182 valence electrons. The van der Waals surface area contributed by atoms with Gasteiger partial charge < -0.3 is 0 Å². The Balaban J connectivity index is 2.46. The Kier molecular flexibility index (Phi) is 8.55. The van der Waals surface area contributed by atoms with Crippen LogP contribution in [0.2, 0.25) is 4.89 Å². The van der Waals surface area contributed by atoms with Crippen LogP contribution in [-0.2, 0) is 17.5 Å². The zero-order chi connectivity index (χ0) is 24.3. The van der Waals surface area contributed by atoms with Crippen LogP contribution in [0.3, 0.4) is 0 Å². The number of hydrogen-bond donors (Lipinski definition) is 0. The van der Waals surface area contributed by atoms with Gasteiger partial charge in [-0.25, -0.2) is 0 Å². The molecule has 3 aromatic rings. The van der Waals surface area contributed by atoms with E-state index in [0.717, 1.165) is 4.89 Å². The first-order valence-electron chi connectivity index (χ1n) is 12.2. The molecule has 0 spiro atoms. The summed E-state index contributed by atoms with van der Waals surface area (Å²) < 4.78 is 6.35. The van der Waals surface area contributed by atoms with E-state index >= 15 is 0 Å². The van der Waals surface area contributed by atoms with Crippen LogP contribution >= 0.6 is 0 Å². The predicted octanol–water partition coefficient (Wildman–Crippen LogP) is 8.98. The van der Waals surface area contributed by atoms with Gasteiger partial charge in [0.25, 0.3) is 0 Å². The Hall–Kier alpha value is -1.95. The summed E-state index contributed by atoms with van der Waals surface area (Å²) >= 11 is 0.402. The second kappa shape index (κ2) is 11.0. The number of nitrogens with zero attached hydrogens (tertiary/aromatic N) is 2. The maximum atomic E-state index is 4.04. The summed E-state index contributed by atoms with van der Waals surface area (Å²) in [6, 6.07) is 13.7. The third-order valence-corrected chi connectivity index (χ3v) is 8.16. The Labute approximate surface area is 209 Å². The van der Waals surface area contributed by atoms with Gasteiger partial charge in [0.1, 0.15) is 0 Å². The van der Waals surface area contributed by atoms with Gasteiger partial charge in [0.2, 0.25) is 0 Å². The van der Waals surface area contributed by atoms with Gasteiger partial charge in [-0.3, -0.25) is 0 Å². The number of allylic oxidation sites excluding steroid dienone is 1. The van der Waals surface area contributed by atoms with E-state index in [1.165, 1.54) is 37.5 Å². The Morgan fingerprint density at radius 2 is 1.00 bits per heavy atom. The van der Waals surface area contributed by atoms with E-state index in [-0.39, 0.29) is 0 Å². The molecular weight excluding hydrogens is 495 g/mol. The van der Waals surface area contributed by atoms with E-state index in [0.29, 0.717) is 41.2 Å². The quantitative estimate of drug-likeness (QED) is 0.201. The Bertz CT molecular complexity index is 1040. The van der Waals surface area contributed by atoms with Crippen molar-refractivity contribution < 1.29 is 17.5 Å². The molecule has 0 saturated heterocycles. The molecule has 0 saturated carbocycles. The fourth-order valence-corrected chi connectivity index (χ4v) is 6.09. The second-order valence-electron chi connectivity index (χ2n) is 10.00. The van der Waals surface area contributed by atoms with Gasteiger partial charge in [0, 0.05) is 0 Å². The Morgan fingerprint density at radius 1 is 0.667 bits per heavy atom. The van der Waals surface area contributed by atoms with Gasteiger partial charge in [0.05, 0.1) is 0 Å². The molecule has 2 aromatic carbocycles. The standard InChI is InChI=1S/C27H36N2.C3H5.Pd/c1-18(2)22-11-9-12-23(19(3)4)26(22)28-15-16-29(17-28)27-24(20(5)6)13-10-14-25(27)21(7)8;1-3-2;/h9-16,18-21H,1-8H3;3H,1-2H2;/q;;-1. The second-order valence-corrected chi connectivity index (χ2v) is 11.9. The number of imidazole rings is 1. The molecule has 0 fully saturated rings. The fraction of sp³-hybridized carbons (Fsp3) is 0.433. The van der Waals surface area contributed by atoms with Gasteiger partial charge in [-0.15, -0.1) is 0 Å². The summed E-state index contributed by atoms with van der Waals surface area (Å²) in [5.41, 5.74) is 8.40. The molecule has 0 unspecified atom stereocenters. The van der Waals surface area contributed by atoms with Crippen LogP contribution in [0.25, 0.3) is 11.4 Å². The summed E-state index contributed by atoms with van der Waals surface area (Å²) in [6.07, 6.45) is 6.65. The molecule has 0 aliphatic carbocycles. The first kappa shape index (κ1) is 25.7. The molecule has 2 nitrogen and oxygen atoms in total. The van der Waals surface area contributed by atoms with Gasteiger partial charge in [-0.2, -0.15) is 0 Å². The number of benzene rings is 2. The summed E-state index contributed by atoms with van der Waals surface area (Å²) in [5, 5.41) is 0. The first-order valence-corrected chi connectivity index (χ1v) is 14.1. The molecule has 3 heteroatoms. The molecule has 1 aromatic heterocycles. The molecule has 33 heavy (non-hydrogen) atoms. The molecule has 0 aliphatic rings. The minimum atomic E-state index is 0.402. The molecule has 0 aliphatic heterocycles. The average molecular weight is 536 g/mol. The third kappa shape index (κ3) is 5.26. The minimum absolute atomic E-state index is 0.402. The summed E-state index contributed by atoms with van der Waals surface area (Å²) in [4.78, 5) is 1.00. The first-order chi connectivity index (χ1) is 15.7. The molecule has 3 rings (SSSR count). The molecule has 0 bridgehead atoms. The van der Waals surface area contributed by atoms with Crippen LogP contribution < -0.4 is 0 Å². The summed E-state index contributed by atoms with van der Waals surface area (Å²) in [7, 11) is 0. The molecule has 0 atom stereocenters.